The van der Waals surface area contributed by atoms with Crippen molar-refractivity contribution in [2.75, 3.05) is 41.0 Å². The maximum atomic E-state index is 12.4. The molecule has 0 aromatic carbocycles. The Hall–Kier alpha value is -2.19. The summed E-state index contributed by atoms with van der Waals surface area (Å²) >= 11 is 0. The van der Waals surface area contributed by atoms with Crippen molar-refractivity contribution in [2.45, 2.75) is 109 Å². The first-order valence-corrected chi connectivity index (χ1v) is 14.4. The molecule has 0 aromatic heterocycles. The van der Waals surface area contributed by atoms with Gasteiger partial charge in [0.1, 0.15) is 12.6 Å². The molecule has 0 rings (SSSR count). The maximum Gasteiger partial charge on any atom is 0.306 e. The number of nitrogens with zero attached hydrogens (tertiary/aromatic N) is 1. The zero-order valence-corrected chi connectivity index (χ0v) is 24.6. The quantitative estimate of drug-likeness (QED) is 0.0770. The van der Waals surface area contributed by atoms with E-state index in [1.165, 1.54) is 6.42 Å². The van der Waals surface area contributed by atoms with Gasteiger partial charge in [0.15, 0.2) is 6.10 Å². The molecule has 38 heavy (non-hydrogen) atoms. The highest BCUT2D eigenvalue weighted by molar-refractivity contribution is 5.70. The van der Waals surface area contributed by atoms with Crippen molar-refractivity contribution in [3.05, 3.63) is 24.3 Å². The Morgan fingerprint density at radius 3 is 2.08 bits per heavy atom. The lowest BCUT2D eigenvalue weighted by Gasteiger charge is -2.34. The van der Waals surface area contributed by atoms with E-state index in [-0.39, 0.29) is 42.7 Å². The van der Waals surface area contributed by atoms with Crippen LogP contribution in [0.25, 0.3) is 0 Å². The molecule has 0 heterocycles. The summed E-state index contributed by atoms with van der Waals surface area (Å²) in [5.74, 6) is -1.83. The van der Waals surface area contributed by atoms with Crippen LogP contribution in [-0.2, 0) is 28.6 Å². The van der Waals surface area contributed by atoms with Crippen molar-refractivity contribution in [2.24, 2.45) is 0 Å². The van der Waals surface area contributed by atoms with E-state index < -0.39 is 18.1 Å². The summed E-state index contributed by atoms with van der Waals surface area (Å²) in [6.07, 6.45) is 19.2. The van der Waals surface area contributed by atoms with Gasteiger partial charge in [-0.05, 0) is 38.5 Å². The van der Waals surface area contributed by atoms with Gasteiger partial charge in [0.05, 0.1) is 40.3 Å². The number of aliphatic carboxylic acids is 1. The summed E-state index contributed by atoms with van der Waals surface area (Å²) in [5, 5.41) is 11.4. The van der Waals surface area contributed by atoms with Gasteiger partial charge in [-0.25, -0.2) is 0 Å². The number of unbranched alkanes of at least 4 members (excludes halogenated alkanes) is 6. The van der Waals surface area contributed by atoms with E-state index in [4.69, 9.17) is 14.2 Å². The van der Waals surface area contributed by atoms with E-state index in [9.17, 15) is 19.5 Å². The van der Waals surface area contributed by atoms with Crippen LogP contribution in [0.5, 0.6) is 0 Å². The predicted octanol–water partition coefficient (Wildman–Crippen LogP) is 4.51. The summed E-state index contributed by atoms with van der Waals surface area (Å²) < 4.78 is 16.6. The second-order valence-corrected chi connectivity index (χ2v) is 10.6. The molecule has 0 radical (unpaired) electrons. The van der Waals surface area contributed by atoms with E-state index >= 15 is 0 Å². The highest BCUT2D eigenvalue weighted by Gasteiger charge is 2.25. The largest absolute Gasteiger partial charge is 0.544 e. The third-order valence-electron chi connectivity index (χ3n) is 6.04. The van der Waals surface area contributed by atoms with Crippen LogP contribution in [0.15, 0.2) is 24.3 Å². The highest BCUT2D eigenvalue weighted by Crippen LogP contribution is 2.11. The first-order valence-electron chi connectivity index (χ1n) is 14.4. The zero-order chi connectivity index (χ0) is 28.7. The molecule has 0 aromatic rings. The number of esters is 2. The summed E-state index contributed by atoms with van der Waals surface area (Å²) in [6.45, 7) is 4.18. The number of carbonyl (C=O) groups excluding carboxylic acids is 3. The lowest BCUT2D eigenvalue weighted by atomic mass is 10.1. The molecule has 0 saturated carbocycles. The Balaban J connectivity index is 4.30. The van der Waals surface area contributed by atoms with Gasteiger partial charge in [-0.1, -0.05) is 63.8 Å². The molecule has 0 saturated heterocycles. The number of rotatable bonds is 24. The molecule has 0 N–H and O–H groups in total. The molecular weight excluding hydrogens is 486 g/mol. The summed E-state index contributed by atoms with van der Waals surface area (Å²) in [6, 6.07) is -0.720. The molecular formula is C30H53NO7. The fraction of sp³-hybridized carbons (Fsp3) is 0.767. The van der Waals surface area contributed by atoms with Crippen molar-refractivity contribution in [1.29, 1.82) is 0 Å². The lowest BCUT2D eigenvalue weighted by Crippen LogP contribution is -2.55. The van der Waals surface area contributed by atoms with Crippen LogP contribution in [-0.4, -0.2) is 75.5 Å². The van der Waals surface area contributed by atoms with Gasteiger partial charge in [-0.3, -0.25) is 9.59 Å². The predicted molar refractivity (Wildman–Crippen MR) is 148 cm³/mol. The number of allylic oxidation sites excluding steroid dienone is 4. The second-order valence-electron chi connectivity index (χ2n) is 10.6. The van der Waals surface area contributed by atoms with E-state index in [2.05, 4.69) is 31.2 Å². The molecule has 0 fully saturated rings. The minimum Gasteiger partial charge on any atom is -0.544 e. The summed E-state index contributed by atoms with van der Waals surface area (Å²) in [7, 11) is 5.34. The lowest BCUT2D eigenvalue weighted by molar-refractivity contribution is -0.889. The van der Waals surface area contributed by atoms with Gasteiger partial charge in [0.25, 0.3) is 0 Å². The van der Waals surface area contributed by atoms with Crippen LogP contribution >= 0.6 is 0 Å². The van der Waals surface area contributed by atoms with Gasteiger partial charge >= 0.3 is 11.9 Å². The Kier molecular flexibility index (Phi) is 21.5. The zero-order valence-electron chi connectivity index (χ0n) is 24.6. The minimum atomic E-state index is -1.13. The van der Waals surface area contributed by atoms with Crippen molar-refractivity contribution >= 4 is 17.9 Å². The van der Waals surface area contributed by atoms with Crippen molar-refractivity contribution in [3.63, 3.8) is 0 Å². The van der Waals surface area contributed by atoms with Crippen LogP contribution in [0, 0.1) is 0 Å². The van der Waals surface area contributed by atoms with Crippen molar-refractivity contribution in [1.82, 2.24) is 0 Å². The molecule has 0 aliphatic carbocycles. The Bertz CT molecular complexity index is 697. The van der Waals surface area contributed by atoms with E-state index in [0.29, 0.717) is 19.3 Å². The summed E-state index contributed by atoms with van der Waals surface area (Å²) in [4.78, 5) is 35.5. The molecule has 0 aliphatic heterocycles. The molecule has 0 aliphatic rings. The van der Waals surface area contributed by atoms with Gasteiger partial charge in [-0.15, -0.1) is 0 Å². The second kappa shape index (κ2) is 22.8. The first kappa shape index (κ1) is 35.8. The summed E-state index contributed by atoms with van der Waals surface area (Å²) in [5.41, 5.74) is 0. The van der Waals surface area contributed by atoms with Crippen molar-refractivity contribution in [3.8, 4) is 0 Å². The SMILES string of the molecule is CCC/C=C\C/C=C\CCCCCCCC(=O)OC(COCCC(C(=O)[O-])[N+](C)(C)C)COC(=O)CCC. The van der Waals surface area contributed by atoms with Crippen LogP contribution in [0.1, 0.15) is 97.3 Å². The van der Waals surface area contributed by atoms with E-state index in [1.807, 2.05) is 6.92 Å². The number of carboxylic acids is 1. The van der Waals surface area contributed by atoms with Crippen LogP contribution in [0.2, 0.25) is 0 Å². The fourth-order valence-corrected chi connectivity index (χ4v) is 3.79. The molecule has 0 spiro atoms. The Morgan fingerprint density at radius 2 is 1.45 bits per heavy atom. The molecule has 220 valence electrons. The fourth-order valence-electron chi connectivity index (χ4n) is 3.79. The monoisotopic (exact) mass is 539 g/mol. The van der Waals surface area contributed by atoms with Gasteiger partial charge in [-0.2, -0.15) is 0 Å². The number of likely N-dealkylation sites (N-methyl/N-ethyl adjacent to an activating group) is 1. The molecule has 0 amide bonds. The molecule has 0 bridgehead atoms. The highest BCUT2D eigenvalue weighted by atomic mass is 16.6. The van der Waals surface area contributed by atoms with Crippen LogP contribution < -0.4 is 5.11 Å². The third-order valence-corrected chi connectivity index (χ3v) is 6.04. The minimum absolute atomic E-state index is 0.0317. The average molecular weight is 540 g/mol. The van der Waals surface area contributed by atoms with Gasteiger partial charge in [0, 0.05) is 19.3 Å². The number of hydrogen-bond donors (Lipinski definition) is 0. The first-order chi connectivity index (χ1) is 18.1. The van der Waals surface area contributed by atoms with Crippen LogP contribution in [0.4, 0.5) is 0 Å². The Morgan fingerprint density at radius 1 is 0.789 bits per heavy atom. The van der Waals surface area contributed by atoms with Gasteiger partial charge < -0.3 is 28.6 Å². The maximum absolute atomic E-state index is 12.4. The number of hydrogen-bond acceptors (Lipinski definition) is 7. The number of quaternary nitrogens is 1. The normalized spacial score (nSPS) is 13.6. The van der Waals surface area contributed by atoms with E-state index in [0.717, 1.165) is 51.4 Å². The molecule has 8 nitrogen and oxygen atoms in total. The van der Waals surface area contributed by atoms with Crippen LogP contribution in [0.3, 0.4) is 0 Å². The molecule has 8 heteroatoms. The molecule has 2 atom stereocenters. The van der Waals surface area contributed by atoms with Gasteiger partial charge in [0.2, 0.25) is 0 Å². The number of carboxylic acid groups (broad SMARTS) is 1. The topological polar surface area (TPSA) is 102 Å². The molecule has 2 unspecified atom stereocenters. The smallest absolute Gasteiger partial charge is 0.306 e. The Labute approximate surface area is 231 Å². The average Bonchev–Trinajstić information content (AvgIpc) is 2.84. The third kappa shape index (κ3) is 20.8. The van der Waals surface area contributed by atoms with Crippen molar-refractivity contribution < 1.29 is 38.2 Å². The number of carbonyl (C=O) groups is 3. The standard InChI is InChI=1S/C30H53NO7/c1-6-8-9-10-11-12-13-14-15-16-17-18-19-21-29(33)38-26(25-37-28(32)20-7-2)24-36-23-22-27(30(34)35)31(3,4)5/h9-10,12-13,26-27H,6-8,11,14-25H2,1-5H3/b10-9-,13-12-. The number of ether oxygens (including phenoxy) is 3. The van der Waals surface area contributed by atoms with E-state index in [1.54, 1.807) is 21.1 Å².